The van der Waals surface area contributed by atoms with Gasteiger partial charge in [-0.15, -0.1) is 0 Å². The molecule has 1 rings (SSSR count). The maximum atomic E-state index is 13.7. The Morgan fingerprint density at radius 2 is 1.23 bits per heavy atom. The molecule has 0 radical (unpaired) electrons. The molecule has 0 aliphatic carbocycles. The Bertz CT molecular complexity index is 1420. The molecule has 1 unspecified atom stereocenters. The van der Waals surface area contributed by atoms with Gasteiger partial charge in [0.25, 0.3) is 10.0 Å². The molecule has 13 heteroatoms. The second kappa shape index (κ2) is 35.4. The van der Waals surface area contributed by atoms with Gasteiger partial charge in [0.15, 0.2) is 0 Å². The van der Waals surface area contributed by atoms with Crippen LogP contribution in [0.4, 0.5) is 4.79 Å². The van der Waals surface area contributed by atoms with Gasteiger partial charge in [-0.05, 0) is 71.1 Å². The van der Waals surface area contributed by atoms with Gasteiger partial charge in [-0.2, -0.15) is 0 Å². The molecule has 2 amide bonds. The molecule has 62 heavy (non-hydrogen) atoms. The Balaban J connectivity index is 2.78. The summed E-state index contributed by atoms with van der Waals surface area (Å²) < 4.78 is 45.5. The highest BCUT2D eigenvalue weighted by molar-refractivity contribution is 7.89. The van der Waals surface area contributed by atoms with E-state index in [1.807, 2.05) is 0 Å². The molecular weight excluding hydrogens is 803 g/mol. The lowest BCUT2D eigenvalue weighted by molar-refractivity contribution is -0.124. The van der Waals surface area contributed by atoms with Crippen molar-refractivity contribution in [1.82, 2.24) is 14.9 Å². The van der Waals surface area contributed by atoms with Gasteiger partial charge in [0, 0.05) is 26.3 Å². The van der Waals surface area contributed by atoms with Crippen LogP contribution in [0.3, 0.4) is 0 Å². The lowest BCUT2D eigenvalue weighted by Gasteiger charge is -2.26. The molecule has 0 aliphatic heterocycles. The zero-order chi connectivity index (χ0) is 45.9. The van der Waals surface area contributed by atoms with E-state index in [0.29, 0.717) is 19.8 Å². The van der Waals surface area contributed by atoms with E-state index in [9.17, 15) is 18.0 Å². The van der Waals surface area contributed by atoms with Crippen LogP contribution in [-0.4, -0.2) is 81.3 Å². The zero-order valence-electron chi connectivity index (χ0n) is 40.2. The van der Waals surface area contributed by atoms with E-state index in [1.54, 1.807) is 39.8 Å². The average molecular weight is 894 g/mol. The zero-order valence-corrected chi connectivity index (χ0v) is 41.0. The summed E-state index contributed by atoms with van der Waals surface area (Å²) in [6, 6.07) is 5.34. The number of nitrogens with one attached hydrogen (secondary N) is 3. The molecule has 0 spiro atoms. The minimum absolute atomic E-state index is 0.0180. The van der Waals surface area contributed by atoms with Gasteiger partial charge in [-0.3, -0.25) is 10.2 Å². The van der Waals surface area contributed by atoms with Crippen molar-refractivity contribution >= 4 is 28.0 Å². The highest BCUT2D eigenvalue weighted by atomic mass is 32.2. The van der Waals surface area contributed by atoms with E-state index >= 15 is 0 Å². The first kappa shape index (κ1) is 57.1. The van der Waals surface area contributed by atoms with Gasteiger partial charge < -0.3 is 30.6 Å². The number of guanidine groups is 1. The molecule has 1 aromatic carbocycles. The van der Waals surface area contributed by atoms with E-state index in [4.69, 9.17) is 25.4 Å². The van der Waals surface area contributed by atoms with Crippen LogP contribution in [0.25, 0.3) is 0 Å². The third-order valence-corrected chi connectivity index (χ3v) is 12.8. The Hall–Kier alpha value is -2.90. The van der Waals surface area contributed by atoms with Crippen LogP contribution >= 0.6 is 0 Å². The number of nitrogens with two attached hydrogens (primary N) is 1. The van der Waals surface area contributed by atoms with E-state index < -0.39 is 39.6 Å². The molecule has 5 N–H and O–H groups in total. The number of benzene rings is 1. The molecule has 0 heterocycles. The fourth-order valence-electron chi connectivity index (χ4n) is 7.39. The highest BCUT2D eigenvalue weighted by Crippen LogP contribution is 2.19. The van der Waals surface area contributed by atoms with Crippen molar-refractivity contribution in [1.29, 1.82) is 5.41 Å². The van der Waals surface area contributed by atoms with Crippen LogP contribution in [0, 0.1) is 12.3 Å². The maximum Gasteiger partial charge on any atom is 0.408 e. The topological polar surface area (TPSA) is 173 Å². The van der Waals surface area contributed by atoms with Crippen molar-refractivity contribution in [2.75, 3.05) is 32.9 Å². The molecule has 0 bridgehead atoms. The fraction of sp³-hybridized carbons (Fsp3) is 0.816. The summed E-state index contributed by atoms with van der Waals surface area (Å²) in [4.78, 5) is 26.6. The summed E-state index contributed by atoms with van der Waals surface area (Å²) in [6.07, 6.45) is 29.4. The van der Waals surface area contributed by atoms with Crippen molar-refractivity contribution in [3.8, 4) is 0 Å². The first-order chi connectivity index (χ1) is 29.7. The van der Waals surface area contributed by atoms with E-state index in [-0.39, 0.29) is 36.9 Å². The summed E-state index contributed by atoms with van der Waals surface area (Å²) in [5.41, 5.74) is 5.71. The molecule has 2 atom stereocenters. The highest BCUT2D eigenvalue weighted by Gasteiger charge is 2.29. The molecule has 0 aromatic heterocycles. The summed E-state index contributed by atoms with van der Waals surface area (Å²) in [6.45, 7) is 13.1. The number of aryl methyl sites for hydroxylation is 1. The van der Waals surface area contributed by atoms with Crippen molar-refractivity contribution in [3.63, 3.8) is 0 Å². The molecule has 0 saturated carbocycles. The van der Waals surface area contributed by atoms with Gasteiger partial charge in [0.1, 0.15) is 11.6 Å². The van der Waals surface area contributed by atoms with E-state index in [1.165, 1.54) is 141 Å². The Labute approximate surface area is 378 Å². The third kappa shape index (κ3) is 29.5. The lowest BCUT2D eigenvalue weighted by atomic mass is 10.1. The Morgan fingerprint density at radius 3 is 1.69 bits per heavy atom. The largest absolute Gasteiger partial charge is 0.444 e. The van der Waals surface area contributed by atoms with Crippen LogP contribution in [0.2, 0.25) is 0 Å². The minimum Gasteiger partial charge on any atom is -0.444 e. The van der Waals surface area contributed by atoms with Gasteiger partial charge >= 0.3 is 6.09 Å². The number of carbonyl (C=O) groups is 2. The second-order valence-corrected chi connectivity index (χ2v) is 20.1. The van der Waals surface area contributed by atoms with Crippen LogP contribution < -0.4 is 16.4 Å². The number of ether oxygens (including phenoxy) is 3. The number of hydrogen-bond acceptors (Lipinski definition) is 8. The quantitative estimate of drug-likeness (QED) is 0.0287. The molecule has 0 aliphatic rings. The number of nitrogens with zero attached hydrogens (tertiary/aromatic N) is 1. The summed E-state index contributed by atoms with van der Waals surface area (Å²) in [7, 11) is -4.12. The number of carbonyl (C=O) groups excluding carboxylic acids is 2. The van der Waals surface area contributed by atoms with Crippen molar-refractivity contribution in [3.05, 3.63) is 29.8 Å². The van der Waals surface area contributed by atoms with Crippen LogP contribution in [0.1, 0.15) is 207 Å². The predicted molar refractivity (Wildman–Crippen MR) is 255 cm³/mol. The fourth-order valence-corrected chi connectivity index (χ4v) is 8.86. The Kier molecular flexibility index (Phi) is 32.7. The van der Waals surface area contributed by atoms with Crippen LogP contribution in [-0.2, 0) is 29.0 Å². The van der Waals surface area contributed by atoms with Gasteiger partial charge in [-0.25, -0.2) is 17.5 Å². The van der Waals surface area contributed by atoms with Gasteiger partial charge in [0.05, 0.1) is 17.6 Å². The second-order valence-electron chi connectivity index (χ2n) is 18.2. The van der Waals surface area contributed by atoms with E-state index in [2.05, 4.69) is 24.5 Å². The number of alkyl carbamates (subject to hydrolysis) is 1. The van der Waals surface area contributed by atoms with Gasteiger partial charge in [-0.1, -0.05) is 167 Å². The summed E-state index contributed by atoms with van der Waals surface area (Å²) >= 11 is 0. The molecule has 1 aromatic rings. The number of amides is 2. The molecule has 0 fully saturated rings. The normalized spacial score (nSPS) is 12.8. The molecule has 12 nitrogen and oxygen atoms in total. The Morgan fingerprint density at radius 1 is 0.742 bits per heavy atom. The smallest absolute Gasteiger partial charge is 0.408 e. The lowest BCUT2D eigenvalue weighted by Crippen LogP contribution is -2.50. The van der Waals surface area contributed by atoms with Crippen LogP contribution in [0.15, 0.2) is 29.2 Å². The third-order valence-electron chi connectivity index (χ3n) is 11.0. The standard InChI is InChI=1S/C49H91N5O7S/c1-7-9-11-13-15-17-19-21-23-25-27-29-37-59-41-43(60-38-30-28-26-24-22-20-18-16-14-12-10-8-2)40-52-46(55)45(53-48(56)61-49(4,5)6)35-32-36-54(47(50)51)62(57,58)44-34-31-33-42(3)39-44/h31,33-34,39,43,45H,7-30,32,35-38,40-41H2,1-6H3,(H3,50,51)(H,52,55)(H,53,56)/t43?,45-/m0/s1. The summed E-state index contributed by atoms with van der Waals surface area (Å²) in [5, 5.41) is 13.7. The van der Waals surface area contributed by atoms with Gasteiger partial charge in [0.2, 0.25) is 11.9 Å². The van der Waals surface area contributed by atoms with Crippen molar-refractivity contribution in [2.45, 2.75) is 231 Å². The minimum atomic E-state index is -4.12. The first-order valence-electron chi connectivity index (χ1n) is 24.6. The summed E-state index contributed by atoms with van der Waals surface area (Å²) in [5.74, 6) is -1.09. The SMILES string of the molecule is CCCCCCCCCCCCCCOCC(CNC(=O)[C@H](CCCN(C(=N)N)S(=O)(=O)c1cccc(C)c1)NC(=O)OC(C)(C)C)OCCCCCCCCCCCCCC. The van der Waals surface area contributed by atoms with Crippen molar-refractivity contribution in [2.24, 2.45) is 5.73 Å². The maximum absolute atomic E-state index is 13.7. The monoisotopic (exact) mass is 894 g/mol. The average Bonchev–Trinajstić information content (AvgIpc) is 3.21. The number of hydrogen-bond donors (Lipinski definition) is 4. The number of unbranched alkanes of at least 4 members (excludes halogenated alkanes) is 22. The van der Waals surface area contributed by atoms with E-state index in [0.717, 1.165) is 35.6 Å². The first-order valence-corrected chi connectivity index (χ1v) is 26.0. The number of rotatable bonds is 39. The molecule has 360 valence electrons. The molecular formula is C49H91N5O7S. The molecule has 0 saturated heterocycles. The number of sulfonamides is 1. The van der Waals surface area contributed by atoms with Crippen LogP contribution in [0.5, 0.6) is 0 Å². The van der Waals surface area contributed by atoms with Crippen molar-refractivity contribution < 1.29 is 32.2 Å². The predicted octanol–water partition coefficient (Wildman–Crippen LogP) is 11.5.